The van der Waals surface area contributed by atoms with E-state index in [1.807, 2.05) is 30.2 Å². The Hall–Kier alpha value is -3.19. The first kappa shape index (κ1) is 20.7. The zero-order valence-electron chi connectivity index (χ0n) is 18.2. The van der Waals surface area contributed by atoms with E-state index in [0.29, 0.717) is 18.1 Å². The van der Waals surface area contributed by atoms with Crippen LogP contribution in [0.4, 0.5) is 11.6 Å². The number of anilines is 2. The predicted octanol–water partition coefficient (Wildman–Crippen LogP) is 3.31. The molecule has 7 nitrogen and oxygen atoms in total. The molecule has 8 heteroatoms. The highest BCUT2D eigenvalue weighted by atomic mass is 35.5. The predicted molar refractivity (Wildman–Crippen MR) is 126 cm³/mol. The molecule has 0 bridgehead atoms. The van der Waals surface area contributed by atoms with E-state index in [1.54, 1.807) is 6.20 Å². The fourth-order valence-electron chi connectivity index (χ4n) is 4.39. The van der Waals surface area contributed by atoms with Crippen molar-refractivity contribution in [1.82, 2.24) is 20.3 Å². The van der Waals surface area contributed by atoms with E-state index >= 15 is 0 Å². The van der Waals surface area contributed by atoms with Crippen molar-refractivity contribution in [1.29, 1.82) is 0 Å². The normalized spacial score (nSPS) is 16.0. The first-order valence-electron chi connectivity index (χ1n) is 10.8. The maximum Gasteiger partial charge on any atom is 0.239 e. The molecule has 1 fully saturated rings. The summed E-state index contributed by atoms with van der Waals surface area (Å²) < 4.78 is 0. The van der Waals surface area contributed by atoms with Crippen molar-refractivity contribution in [3.8, 4) is 11.3 Å². The Morgan fingerprint density at radius 3 is 2.66 bits per heavy atom. The van der Waals surface area contributed by atoms with E-state index in [9.17, 15) is 4.79 Å². The van der Waals surface area contributed by atoms with Crippen molar-refractivity contribution < 1.29 is 4.79 Å². The number of fused-ring (bicyclic) bond motifs is 1. The SMILES string of the molecule is Cc1cnc(-c2cc(N3CCc4nc(N5CCNC(=O)C5)ccc4C3)ncc2Cl)c(C)c1. The van der Waals surface area contributed by atoms with E-state index in [4.69, 9.17) is 16.6 Å². The number of nitrogens with zero attached hydrogens (tertiary/aromatic N) is 5. The van der Waals surface area contributed by atoms with Crippen molar-refractivity contribution in [2.24, 2.45) is 0 Å². The van der Waals surface area contributed by atoms with E-state index < -0.39 is 0 Å². The van der Waals surface area contributed by atoms with Gasteiger partial charge in [-0.3, -0.25) is 9.78 Å². The van der Waals surface area contributed by atoms with Crippen LogP contribution in [0.3, 0.4) is 0 Å². The second-order valence-electron chi connectivity index (χ2n) is 8.42. The quantitative estimate of drug-likeness (QED) is 0.662. The molecule has 5 rings (SSSR count). The topological polar surface area (TPSA) is 74.2 Å². The number of aromatic nitrogens is 3. The zero-order chi connectivity index (χ0) is 22.2. The van der Waals surface area contributed by atoms with Crippen LogP contribution in [0.1, 0.15) is 22.4 Å². The van der Waals surface area contributed by atoms with Crippen LogP contribution in [-0.4, -0.2) is 47.0 Å². The van der Waals surface area contributed by atoms with Gasteiger partial charge in [-0.2, -0.15) is 0 Å². The maximum atomic E-state index is 11.7. The van der Waals surface area contributed by atoms with E-state index in [0.717, 1.165) is 65.8 Å². The summed E-state index contributed by atoms with van der Waals surface area (Å²) in [5, 5.41) is 3.46. The van der Waals surface area contributed by atoms with Gasteiger partial charge in [0.15, 0.2) is 0 Å². The number of hydrogen-bond donors (Lipinski definition) is 1. The molecule has 0 saturated carbocycles. The van der Waals surface area contributed by atoms with Crippen LogP contribution in [0.25, 0.3) is 11.3 Å². The number of carbonyl (C=O) groups is 1. The number of aryl methyl sites for hydroxylation is 2. The Bertz CT molecular complexity index is 1200. The molecule has 164 valence electrons. The van der Waals surface area contributed by atoms with Gasteiger partial charge in [-0.15, -0.1) is 0 Å². The molecule has 0 atom stereocenters. The van der Waals surface area contributed by atoms with Crippen molar-refractivity contribution in [2.45, 2.75) is 26.8 Å². The second-order valence-corrected chi connectivity index (χ2v) is 8.83. The summed E-state index contributed by atoms with van der Waals surface area (Å²) in [5.74, 6) is 1.80. The first-order chi connectivity index (χ1) is 15.5. The molecule has 3 aromatic rings. The van der Waals surface area contributed by atoms with E-state index in [-0.39, 0.29) is 5.91 Å². The van der Waals surface area contributed by atoms with Gasteiger partial charge in [0.05, 0.1) is 17.3 Å². The molecule has 0 aromatic carbocycles. The Kier molecular flexibility index (Phi) is 5.43. The molecular formula is C24H25ClN6O. The van der Waals surface area contributed by atoms with Gasteiger partial charge in [-0.1, -0.05) is 23.7 Å². The number of piperazine rings is 1. The molecule has 1 saturated heterocycles. The lowest BCUT2D eigenvalue weighted by molar-refractivity contribution is -0.120. The van der Waals surface area contributed by atoms with Crippen LogP contribution in [0.15, 0.2) is 36.7 Å². The fraction of sp³-hybridized carbons (Fsp3) is 0.333. The number of halogens is 1. The molecule has 5 heterocycles. The average molecular weight is 449 g/mol. The van der Waals surface area contributed by atoms with Crippen molar-refractivity contribution >= 4 is 29.1 Å². The monoisotopic (exact) mass is 448 g/mol. The summed E-state index contributed by atoms with van der Waals surface area (Å²) >= 11 is 6.50. The largest absolute Gasteiger partial charge is 0.353 e. The van der Waals surface area contributed by atoms with Gasteiger partial charge in [0.1, 0.15) is 11.6 Å². The van der Waals surface area contributed by atoms with Gasteiger partial charge in [-0.05, 0) is 42.7 Å². The summed E-state index contributed by atoms with van der Waals surface area (Å²) in [6.07, 6.45) is 4.40. The van der Waals surface area contributed by atoms with Crippen LogP contribution in [0.5, 0.6) is 0 Å². The van der Waals surface area contributed by atoms with Gasteiger partial charge < -0.3 is 15.1 Å². The average Bonchev–Trinajstić information content (AvgIpc) is 2.79. The van der Waals surface area contributed by atoms with Gasteiger partial charge in [0.25, 0.3) is 0 Å². The lowest BCUT2D eigenvalue weighted by Gasteiger charge is -2.32. The van der Waals surface area contributed by atoms with Crippen LogP contribution >= 0.6 is 11.6 Å². The van der Waals surface area contributed by atoms with Crippen LogP contribution in [-0.2, 0) is 17.8 Å². The first-order valence-corrected chi connectivity index (χ1v) is 11.2. The number of amides is 1. The zero-order valence-corrected chi connectivity index (χ0v) is 19.0. The number of rotatable bonds is 3. The number of hydrogen-bond acceptors (Lipinski definition) is 6. The minimum Gasteiger partial charge on any atom is -0.353 e. The van der Waals surface area contributed by atoms with Gasteiger partial charge in [0, 0.05) is 56.3 Å². The van der Waals surface area contributed by atoms with E-state index in [2.05, 4.69) is 39.2 Å². The molecule has 0 spiro atoms. The summed E-state index contributed by atoms with van der Waals surface area (Å²) in [5.41, 5.74) is 6.28. The minimum absolute atomic E-state index is 0.0462. The molecule has 0 aliphatic carbocycles. The Labute approximate surface area is 192 Å². The van der Waals surface area contributed by atoms with E-state index in [1.165, 1.54) is 5.56 Å². The molecule has 2 aliphatic rings. The smallest absolute Gasteiger partial charge is 0.239 e. The number of carbonyl (C=O) groups excluding carboxylic acids is 1. The third-order valence-electron chi connectivity index (χ3n) is 6.03. The molecule has 2 aliphatic heterocycles. The molecule has 32 heavy (non-hydrogen) atoms. The highest BCUT2D eigenvalue weighted by molar-refractivity contribution is 6.33. The highest BCUT2D eigenvalue weighted by Crippen LogP contribution is 2.33. The lowest BCUT2D eigenvalue weighted by atomic mass is 10.0. The molecule has 0 radical (unpaired) electrons. The lowest BCUT2D eigenvalue weighted by Crippen LogP contribution is -2.48. The maximum absolute atomic E-state index is 11.7. The second kappa shape index (κ2) is 8.39. The highest BCUT2D eigenvalue weighted by Gasteiger charge is 2.23. The minimum atomic E-state index is 0.0462. The number of pyridine rings is 3. The van der Waals surface area contributed by atoms with Crippen molar-refractivity contribution in [3.05, 3.63) is 64.1 Å². The molecule has 1 amide bonds. The fourth-order valence-corrected chi connectivity index (χ4v) is 4.58. The van der Waals surface area contributed by atoms with Crippen LogP contribution in [0.2, 0.25) is 5.02 Å². The summed E-state index contributed by atoms with van der Waals surface area (Å²) in [4.78, 5) is 30.1. The third-order valence-corrected chi connectivity index (χ3v) is 6.33. The summed E-state index contributed by atoms with van der Waals surface area (Å²) in [6, 6.07) is 8.29. The number of nitrogens with one attached hydrogen (secondary N) is 1. The van der Waals surface area contributed by atoms with Gasteiger partial charge in [-0.25, -0.2) is 9.97 Å². The van der Waals surface area contributed by atoms with Gasteiger partial charge in [0.2, 0.25) is 5.91 Å². The Morgan fingerprint density at radius 1 is 1.00 bits per heavy atom. The molecule has 1 N–H and O–H groups in total. The Balaban J connectivity index is 1.39. The summed E-state index contributed by atoms with van der Waals surface area (Å²) in [7, 11) is 0. The summed E-state index contributed by atoms with van der Waals surface area (Å²) in [6.45, 7) is 7.45. The standard InChI is InChI=1S/C24H25ClN6O/c1-15-9-16(2)24(28-11-15)18-10-22(27-12-19(18)25)30-7-5-20-17(13-30)3-4-21(29-20)31-8-6-26-23(32)14-31/h3-4,9-12H,5-8,13-14H2,1-2H3,(H,26,32). The van der Waals surface area contributed by atoms with Crippen molar-refractivity contribution in [2.75, 3.05) is 36.0 Å². The molecule has 3 aromatic heterocycles. The Morgan fingerprint density at radius 2 is 1.84 bits per heavy atom. The van der Waals surface area contributed by atoms with Crippen LogP contribution < -0.4 is 15.1 Å². The third kappa shape index (κ3) is 4.00. The van der Waals surface area contributed by atoms with Gasteiger partial charge >= 0.3 is 0 Å². The van der Waals surface area contributed by atoms with Crippen molar-refractivity contribution in [3.63, 3.8) is 0 Å². The molecule has 0 unspecified atom stereocenters. The van der Waals surface area contributed by atoms with Crippen LogP contribution in [0, 0.1) is 13.8 Å². The molecular weight excluding hydrogens is 424 g/mol.